The van der Waals surface area contributed by atoms with Gasteiger partial charge in [-0.15, -0.1) is 0 Å². The third-order valence-corrected chi connectivity index (χ3v) is 2.61. The molecule has 1 rings (SSSR count). The molecule has 0 aromatic carbocycles. The summed E-state index contributed by atoms with van der Waals surface area (Å²) in [5, 5.41) is 3.54. The summed E-state index contributed by atoms with van der Waals surface area (Å²) in [7, 11) is 0. The van der Waals surface area contributed by atoms with Crippen molar-refractivity contribution in [2.75, 3.05) is 19.8 Å². The minimum absolute atomic E-state index is 0.728. The van der Waals surface area contributed by atoms with Crippen LogP contribution in [0.25, 0.3) is 0 Å². The van der Waals surface area contributed by atoms with Gasteiger partial charge in [-0.3, -0.25) is 0 Å². The van der Waals surface area contributed by atoms with Gasteiger partial charge >= 0.3 is 0 Å². The monoisotopic (exact) mass is 185 g/mol. The standard InChI is InChI=1S/C11H23NO/c1-3-8-13-9-4-7-12-10(2)11-5-6-11/h10-12H,3-9H2,1-2H3. The molecule has 1 aliphatic rings. The SMILES string of the molecule is CCCOCCCNC(C)C1CC1. The second kappa shape index (κ2) is 6.39. The van der Waals surface area contributed by atoms with E-state index in [0.29, 0.717) is 0 Å². The lowest BCUT2D eigenvalue weighted by Gasteiger charge is -2.12. The number of hydrogen-bond donors (Lipinski definition) is 1. The van der Waals surface area contributed by atoms with Gasteiger partial charge in [-0.2, -0.15) is 0 Å². The smallest absolute Gasteiger partial charge is 0.0478 e. The number of ether oxygens (including phenoxy) is 1. The van der Waals surface area contributed by atoms with E-state index < -0.39 is 0 Å². The first-order valence-corrected chi connectivity index (χ1v) is 5.65. The van der Waals surface area contributed by atoms with Crippen molar-refractivity contribution in [3.63, 3.8) is 0 Å². The number of rotatable bonds is 8. The first-order valence-electron chi connectivity index (χ1n) is 5.65. The maximum absolute atomic E-state index is 5.40. The Bertz CT molecular complexity index is 123. The predicted molar refractivity (Wildman–Crippen MR) is 55.9 cm³/mol. The normalized spacial score (nSPS) is 18.9. The molecule has 2 heteroatoms. The van der Waals surface area contributed by atoms with E-state index in [1.54, 1.807) is 0 Å². The van der Waals surface area contributed by atoms with Crippen LogP contribution in [0.2, 0.25) is 0 Å². The molecule has 2 nitrogen and oxygen atoms in total. The average Bonchev–Trinajstić information content (AvgIpc) is 2.93. The van der Waals surface area contributed by atoms with Crippen LogP contribution in [0, 0.1) is 5.92 Å². The zero-order valence-electron chi connectivity index (χ0n) is 9.01. The number of hydrogen-bond acceptors (Lipinski definition) is 2. The predicted octanol–water partition coefficient (Wildman–Crippen LogP) is 2.19. The molecule has 1 saturated carbocycles. The van der Waals surface area contributed by atoms with Gasteiger partial charge in [0.05, 0.1) is 0 Å². The van der Waals surface area contributed by atoms with Gasteiger partial charge < -0.3 is 10.1 Å². The zero-order chi connectivity index (χ0) is 9.52. The Morgan fingerprint density at radius 2 is 2.15 bits per heavy atom. The van der Waals surface area contributed by atoms with Gasteiger partial charge in [0, 0.05) is 19.3 Å². The van der Waals surface area contributed by atoms with Crippen molar-refractivity contribution in [1.29, 1.82) is 0 Å². The van der Waals surface area contributed by atoms with Crippen molar-refractivity contribution >= 4 is 0 Å². The fraction of sp³-hybridized carbons (Fsp3) is 1.00. The molecule has 1 N–H and O–H groups in total. The van der Waals surface area contributed by atoms with E-state index in [1.807, 2.05) is 0 Å². The highest BCUT2D eigenvalue weighted by atomic mass is 16.5. The third-order valence-electron chi connectivity index (χ3n) is 2.61. The minimum Gasteiger partial charge on any atom is -0.381 e. The van der Waals surface area contributed by atoms with Crippen LogP contribution in [0.1, 0.15) is 39.5 Å². The summed E-state index contributed by atoms with van der Waals surface area (Å²) in [4.78, 5) is 0. The second-order valence-electron chi connectivity index (χ2n) is 4.05. The maximum Gasteiger partial charge on any atom is 0.0478 e. The highest BCUT2D eigenvalue weighted by Crippen LogP contribution is 2.32. The zero-order valence-corrected chi connectivity index (χ0v) is 9.01. The summed E-state index contributed by atoms with van der Waals surface area (Å²) in [5.41, 5.74) is 0. The van der Waals surface area contributed by atoms with Crippen molar-refractivity contribution in [1.82, 2.24) is 5.32 Å². The Hall–Kier alpha value is -0.0800. The molecule has 0 heterocycles. The molecule has 0 amide bonds. The lowest BCUT2D eigenvalue weighted by Crippen LogP contribution is -2.29. The molecule has 78 valence electrons. The van der Waals surface area contributed by atoms with Crippen LogP contribution in [-0.2, 0) is 4.74 Å². The first-order chi connectivity index (χ1) is 6.34. The van der Waals surface area contributed by atoms with Gasteiger partial charge in [0.25, 0.3) is 0 Å². The largest absolute Gasteiger partial charge is 0.381 e. The quantitative estimate of drug-likeness (QED) is 0.585. The molecule has 0 aliphatic heterocycles. The van der Waals surface area contributed by atoms with Crippen LogP contribution >= 0.6 is 0 Å². The molecular formula is C11H23NO. The van der Waals surface area contributed by atoms with Gasteiger partial charge in [0.1, 0.15) is 0 Å². The summed E-state index contributed by atoms with van der Waals surface area (Å²) in [5.74, 6) is 0.969. The molecule has 1 aliphatic carbocycles. The first kappa shape index (κ1) is 11.0. The van der Waals surface area contributed by atoms with E-state index in [9.17, 15) is 0 Å². The van der Waals surface area contributed by atoms with Gasteiger partial charge in [-0.25, -0.2) is 0 Å². The van der Waals surface area contributed by atoms with Crippen LogP contribution in [0.5, 0.6) is 0 Å². The Morgan fingerprint density at radius 3 is 2.77 bits per heavy atom. The van der Waals surface area contributed by atoms with Crippen LogP contribution in [0.15, 0.2) is 0 Å². The molecule has 1 unspecified atom stereocenters. The Morgan fingerprint density at radius 1 is 1.38 bits per heavy atom. The summed E-state index contributed by atoms with van der Waals surface area (Å²) in [6.45, 7) is 7.38. The van der Waals surface area contributed by atoms with Gasteiger partial charge in [0.15, 0.2) is 0 Å². The van der Waals surface area contributed by atoms with E-state index in [0.717, 1.165) is 44.6 Å². The second-order valence-corrected chi connectivity index (χ2v) is 4.05. The molecule has 0 aromatic heterocycles. The molecule has 13 heavy (non-hydrogen) atoms. The lowest BCUT2D eigenvalue weighted by molar-refractivity contribution is 0.131. The third kappa shape index (κ3) is 5.27. The average molecular weight is 185 g/mol. The van der Waals surface area contributed by atoms with Gasteiger partial charge in [0.2, 0.25) is 0 Å². The lowest BCUT2D eigenvalue weighted by atomic mass is 10.2. The minimum atomic E-state index is 0.728. The Kier molecular flexibility index (Phi) is 5.40. The van der Waals surface area contributed by atoms with Crippen LogP contribution in [0.4, 0.5) is 0 Å². The number of nitrogens with one attached hydrogen (secondary N) is 1. The molecule has 0 aromatic rings. The summed E-state index contributed by atoms with van der Waals surface area (Å²) in [6, 6.07) is 0.728. The molecule has 1 atom stereocenters. The molecule has 0 spiro atoms. The van der Waals surface area contributed by atoms with E-state index in [1.165, 1.54) is 12.8 Å². The van der Waals surface area contributed by atoms with Crippen LogP contribution in [0.3, 0.4) is 0 Å². The van der Waals surface area contributed by atoms with Crippen LogP contribution in [-0.4, -0.2) is 25.8 Å². The fourth-order valence-corrected chi connectivity index (χ4v) is 1.51. The van der Waals surface area contributed by atoms with Crippen molar-refractivity contribution in [2.45, 2.75) is 45.6 Å². The highest BCUT2D eigenvalue weighted by Gasteiger charge is 2.26. The Balaban J connectivity index is 1.77. The van der Waals surface area contributed by atoms with Gasteiger partial charge in [-0.05, 0) is 45.1 Å². The van der Waals surface area contributed by atoms with E-state index in [4.69, 9.17) is 4.74 Å². The maximum atomic E-state index is 5.40. The van der Waals surface area contributed by atoms with Crippen molar-refractivity contribution < 1.29 is 4.74 Å². The molecular weight excluding hydrogens is 162 g/mol. The summed E-state index contributed by atoms with van der Waals surface area (Å²) in [6.07, 6.45) is 5.14. The highest BCUT2D eigenvalue weighted by molar-refractivity contribution is 4.82. The summed E-state index contributed by atoms with van der Waals surface area (Å²) < 4.78 is 5.40. The van der Waals surface area contributed by atoms with E-state index >= 15 is 0 Å². The molecule has 1 fully saturated rings. The summed E-state index contributed by atoms with van der Waals surface area (Å²) >= 11 is 0. The van der Waals surface area contributed by atoms with E-state index in [-0.39, 0.29) is 0 Å². The van der Waals surface area contributed by atoms with Gasteiger partial charge in [-0.1, -0.05) is 6.92 Å². The molecule has 0 saturated heterocycles. The van der Waals surface area contributed by atoms with E-state index in [2.05, 4.69) is 19.2 Å². The molecule has 0 radical (unpaired) electrons. The van der Waals surface area contributed by atoms with Crippen molar-refractivity contribution in [3.05, 3.63) is 0 Å². The van der Waals surface area contributed by atoms with Crippen molar-refractivity contribution in [2.24, 2.45) is 5.92 Å². The Labute approximate surface area is 82.0 Å². The van der Waals surface area contributed by atoms with Crippen LogP contribution < -0.4 is 5.32 Å². The fourth-order valence-electron chi connectivity index (χ4n) is 1.51. The molecule has 0 bridgehead atoms. The van der Waals surface area contributed by atoms with Crippen molar-refractivity contribution in [3.8, 4) is 0 Å². The topological polar surface area (TPSA) is 21.3 Å².